The number of primary amides is 1. The number of nitrogens with zero attached hydrogens (tertiary/aromatic N) is 1. The zero-order chi connectivity index (χ0) is 11.3. The second kappa shape index (κ2) is 5.79. The molecule has 0 bridgehead atoms. The average Bonchev–Trinajstić information content (AvgIpc) is 2.18. The standard InChI is InChI=1S/C9H16N2O4/c1-14-5-7(12)4-11-2-3-15-6-8(11)9(10)13/h8H,2-6H2,1H3,(H2,10,13). The van der Waals surface area contributed by atoms with Gasteiger partial charge in [0.1, 0.15) is 12.6 Å². The van der Waals surface area contributed by atoms with E-state index >= 15 is 0 Å². The summed E-state index contributed by atoms with van der Waals surface area (Å²) in [5.74, 6) is -0.523. The lowest BCUT2D eigenvalue weighted by molar-refractivity contribution is -0.133. The Kier molecular flexibility index (Phi) is 4.67. The Morgan fingerprint density at radius 1 is 1.60 bits per heavy atom. The molecule has 0 aromatic rings. The summed E-state index contributed by atoms with van der Waals surface area (Å²) in [6.45, 7) is 1.57. The predicted molar refractivity (Wildman–Crippen MR) is 52.3 cm³/mol. The van der Waals surface area contributed by atoms with E-state index in [1.54, 1.807) is 4.90 Å². The molecule has 0 aliphatic carbocycles. The van der Waals surface area contributed by atoms with Gasteiger partial charge >= 0.3 is 0 Å². The maximum Gasteiger partial charge on any atom is 0.237 e. The van der Waals surface area contributed by atoms with Crippen LogP contribution < -0.4 is 5.73 Å². The molecular weight excluding hydrogens is 200 g/mol. The number of ether oxygens (including phenoxy) is 2. The summed E-state index contributed by atoms with van der Waals surface area (Å²) < 4.78 is 9.85. The van der Waals surface area contributed by atoms with Gasteiger partial charge in [-0.2, -0.15) is 0 Å². The van der Waals surface area contributed by atoms with Crippen molar-refractivity contribution in [1.29, 1.82) is 0 Å². The second-order valence-corrected chi connectivity index (χ2v) is 3.44. The van der Waals surface area contributed by atoms with Crippen molar-refractivity contribution >= 4 is 11.7 Å². The van der Waals surface area contributed by atoms with E-state index in [2.05, 4.69) is 0 Å². The quantitative estimate of drug-likeness (QED) is 0.598. The number of ketones is 1. The molecular formula is C9H16N2O4. The number of nitrogens with two attached hydrogens (primary N) is 1. The van der Waals surface area contributed by atoms with Gasteiger partial charge in [0.05, 0.1) is 19.8 Å². The SMILES string of the molecule is COCC(=O)CN1CCOCC1C(N)=O. The van der Waals surface area contributed by atoms with E-state index in [1.165, 1.54) is 7.11 Å². The number of Topliss-reactive ketones (excluding diaryl/α,β-unsaturated/α-hetero) is 1. The molecule has 1 unspecified atom stereocenters. The van der Waals surface area contributed by atoms with Crippen LogP contribution >= 0.6 is 0 Å². The molecule has 15 heavy (non-hydrogen) atoms. The largest absolute Gasteiger partial charge is 0.378 e. The summed E-state index contributed by atoms with van der Waals surface area (Å²) in [4.78, 5) is 24.1. The third-order valence-corrected chi connectivity index (χ3v) is 2.25. The number of carbonyl (C=O) groups excluding carboxylic acids is 2. The maximum absolute atomic E-state index is 11.3. The van der Waals surface area contributed by atoms with E-state index in [0.29, 0.717) is 13.2 Å². The van der Waals surface area contributed by atoms with Crippen LogP contribution in [0.3, 0.4) is 0 Å². The molecule has 1 saturated heterocycles. The highest BCUT2D eigenvalue weighted by atomic mass is 16.5. The van der Waals surface area contributed by atoms with Crippen molar-refractivity contribution in [3.8, 4) is 0 Å². The molecule has 0 aromatic heterocycles. The van der Waals surface area contributed by atoms with Crippen LogP contribution in [-0.2, 0) is 19.1 Å². The molecule has 1 aliphatic heterocycles. The number of methoxy groups -OCH3 is 1. The molecule has 2 N–H and O–H groups in total. The van der Waals surface area contributed by atoms with Crippen LogP contribution in [0.4, 0.5) is 0 Å². The summed E-state index contributed by atoms with van der Waals surface area (Å²) >= 11 is 0. The number of hydrogen-bond donors (Lipinski definition) is 1. The third-order valence-electron chi connectivity index (χ3n) is 2.25. The summed E-state index contributed by atoms with van der Waals surface area (Å²) in [7, 11) is 1.46. The Labute approximate surface area is 88.3 Å². The van der Waals surface area contributed by atoms with Crippen LogP contribution in [0.15, 0.2) is 0 Å². The summed E-state index contributed by atoms with van der Waals surface area (Å²) in [6, 6.07) is -0.500. The molecule has 6 nitrogen and oxygen atoms in total. The predicted octanol–water partition coefficient (Wildman–Crippen LogP) is -1.61. The molecule has 0 saturated carbocycles. The molecule has 1 fully saturated rings. The molecule has 1 heterocycles. The topological polar surface area (TPSA) is 81.9 Å². The van der Waals surface area contributed by atoms with Crippen LogP contribution in [0.2, 0.25) is 0 Å². The number of rotatable bonds is 5. The molecule has 86 valence electrons. The number of carbonyl (C=O) groups is 2. The first-order valence-corrected chi connectivity index (χ1v) is 4.77. The Hall–Kier alpha value is -0.980. The van der Waals surface area contributed by atoms with Crippen LogP contribution in [0, 0.1) is 0 Å². The van der Waals surface area contributed by atoms with Crippen LogP contribution in [-0.4, -0.2) is 62.7 Å². The summed E-state index contributed by atoms with van der Waals surface area (Å²) in [6.07, 6.45) is 0. The molecule has 0 radical (unpaired) electrons. The molecule has 1 amide bonds. The van der Waals surface area contributed by atoms with Crippen LogP contribution in [0.25, 0.3) is 0 Å². The zero-order valence-corrected chi connectivity index (χ0v) is 8.77. The number of morpholine rings is 1. The lowest BCUT2D eigenvalue weighted by atomic mass is 10.2. The number of amides is 1. The van der Waals surface area contributed by atoms with Gasteiger partial charge < -0.3 is 15.2 Å². The van der Waals surface area contributed by atoms with Crippen LogP contribution in [0.5, 0.6) is 0 Å². The van der Waals surface area contributed by atoms with Gasteiger partial charge in [-0.25, -0.2) is 0 Å². The van der Waals surface area contributed by atoms with Gasteiger partial charge in [-0.05, 0) is 0 Å². The Bertz CT molecular complexity index is 244. The van der Waals surface area contributed by atoms with E-state index in [1.807, 2.05) is 0 Å². The van der Waals surface area contributed by atoms with Crippen molar-refractivity contribution in [3.63, 3.8) is 0 Å². The van der Waals surface area contributed by atoms with E-state index in [0.717, 1.165) is 0 Å². The molecule has 6 heteroatoms. The van der Waals surface area contributed by atoms with Gasteiger partial charge in [0, 0.05) is 13.7 Å². The highest BCUT2D eigenvalue weighted by Gasteiger charge is 2.28. The van der Waals surface area contributed by atoms with Crippen molar-refractivity contribution in [2.24, 2.45) is 5.73 Å². The number of hydrogen-bond acceptors (Lipinski definition) is 5. The Balaban J connectivity index is 2.49. The fourth-order valence-corrected chi connectivity index (χ4v) is 1.52. The van der Waals surface area contributed by atoms with Crippen molar-refractivity contribution < 1.29 is 19.1 Å². The molecule has 1 atom stereocenters. The first-order chi connectivity index (χ1) is 7.15. The molecule has 0 spiro atoms. The molecule has 0 aromatic carbocycles. The van der Waals surface area contributed by atoms with Crippen molar-refractivity contribution in [1.82, 2.24) is 4.90 Å². The highest BCUT2D eigenvalue weighted by molar-refractivity contribution is 5.84. The molecule has 1 aliphatic rings. The lowest BCUT2D eigenvalue weighted by Gasteiger charge is -2.32. The minimum atomic E-state index is -0.500. The highest BCUT2D eigenvalue weighted by Crippen LogP contribution is 2.06. The normalized spacial score (nSPS) is 22.6. The second-order valence-electron chi connectivity index (χ2n) is 3.44. The smallest absolute Gasteiger partial charge is 0.237 e. The first kappa shape index (κ1) is 12.1. The molecule has 1 rings (SSSR count). The first-order valence-electron chi connectivity index (χ1n) is 4.77. The van der Waals surface area contributed by atoms with Gasteiger partial charge in [-0.1, -0.05) is 0 Å². The van der Waals surface area contributed by atoms with Crippen molar-refractivity contribution in [2.45, 2.75) is 6.04 Å². The van der Waals surface area contributed by atoms with E-state index < -0.39 is 11.9 Å². The van der Waals surface area contributed by atoms with E-state index in [-0.39, 0.29) is 25.5 Å². The fourth-order valence-electron chi connectivity index (χ4n) is 1.52. The van der Waals surface area contributed by atoms with Gasteiger partial charge in [-0.3, -0.25) is 14.5 Å². The summed E-state index contributed by atoms with van der Waals surface area (Å²) in [5, 5.41) is 0. The van der Waals surface area contributed by atoms with Crippen LogP contribution in [0.1, 0.15) is 0 Å². The monoisotopic (exact) mass is 216 g/mol. The van der Waals surface area contributed by atoms with Crippen molar-refractivity contribution in [2.75, 3.05) is 40.0 Å². The van der Waals surface area contributed by atoms with Gasteiger partial charge in [0.15, 0.2) is 5.78 Å². The lowest BCUT2D eigenvalue weighted by Crippen LogP contribution is -2.54. The Morgan fingerprint density at radius 3 is 2.93 bits per heavy atom. The average molecular weight is 216 g/mol. The Morgan fingerprint density at radius 2 is 2.33 bits per heavy atom. The van der Waals surface area contributed by atoms with Gasteiger partial charge in [0.2, 0.25) is 5.91 Å². The third kappa shape index (κ3) is 3.58. The van der Waals surface area contributed by atoms with Gasteiger partial charge in [-0.15, -0.1) is 0 Å². The maximum atomic E-state index is 11.3. The van der Waals surface area contributed by atoms with Gasteiger partial charge in [0.25, 0.3) is 0 Å². The minimum Gasteiger partial charge on any atom is -0.378 e. The fraction of sp³-hybridized carbons (Fsp3) is 0.778. The minimum absolute atomic E-state index is 0.0584. The van der Waals surface area contributed by atoms with E-state index in [9.17, 15) is 9.59 Å². The van der Waals surface area contributed by atoms with Crippen molar-refractivity contribution in [3.05, 3.63) is 0 Å². The zero-order valence-electron chi connectivity index (χ0n) is 8.77. The summed E-state index contributed by atoms with van der Waals surface area (Å²) in [5.41, 5.74) is 5.20. The van der Waals surface area contributed by atoms with E-state index in [4.69, 9.17) is 15.2 Å².